The van der Waals surface area contributed by atoms with Gasteiger partial charge in [0, 0.05) is 12.1 Å². The maximum absolute atomic E-state index is 12.5. The van der Waals surface area contributed by atoms with Crippen LogP contribution in [0.5, 0.6) is 5.75 Å². The zero-order valence-electron chi connectivity index (χ0n) is 13.7. The van der Waals surface area contributed by atoms with Crippen LogP contribution < -0.4 is 11.5 Å². The average Bonchev–Trinajstić information content (AvgIpc) is 2.53. The molecule has 1 aromatic rings. The van der Waals surface area contributed by atoms with E-state index in [1.54, 1.807) is 0 Å². The van der Waals surface area contributed by atoms with Crippen LogP contribution in [0.2, 0.25) is 0 Å². The van der Waals surface area contributed by atoms with Gasteiger partial charge in [-0.15, -0.1) is 0 Å². The SMILES string of the molecule is CCCCCCCCN(C(=O)c1ccc(O)cc1)C(=O)C(N)N. The quantitative estimate of drug-likeness (QED) is 0.476. The van der Waals surface area contributed by atoms with Gasteiger partial charge >= 0.3 is 0 Å². The molecule has 6 nitrogen and oxygen atoms in total. The second kappa shape index (κ2) is 9.97. The molecule has 6 heteroatoms. The molecule has 128 valence electrons. The molecular formula is C17H27N3O3. The minimum absolute atomic E-state index is 0.0610. The second-order valence-corrected chi connectivity index (χ2v) is 5.64. The molecule has 0 unspecified atom stereocenters. The summed E-state index contributed by atoms with van der Waals surface area (Å²) in [6, 6.07) is 5.76. The predicted molar refractivity (Wildman–Crippen MR) is 89.7 cm³/mol. The van der Waals surface area contributed by atoms with Gasteiger partial charge in [-0.1, -0.05) is 39.0 Å². The van der Waals surface area contributed by atoms with Crippen LogP contribution in [0, 0.1) is 0 Å². The summed E-state index contributed by atoms with van der Waals surface area (Å²) in [5.74, 6) is -0.966. The van der Waals surface area contributed by atoms with Gasteiger partial charge in [-0.2, -0.15) is 0 Å². The Kier molecular flexibility index (Phi) is 8.29. The maximum atomic E-state index is 12.5. The fourth-order valence-electron chi connectivity index (χ4n) is 2.30. The van der Waals surface area contributed by atoms with Crippen LogP contribution in [-0.2, 0) is 4.79 Å². The lowest BCUT2D eigenvalue weighted by Crippen LogP contribution is -2.51. The van der Waals surface area contributed by atoms with Gasteiger partial charge in [0.25, 0.3) is 11.8 Å². The molecule has 0 heterocycles. The molecule has 0 aliphatic carbocycles. The number of carbonyl (C=O) groups is 2. The van der Waals surface area contributed by atoms with Crippen LogP contribution in [-0.4, -0.2) is 34.5 Å². The minimum atomic E-state index is -1.21. The van der Waals surface area contributed by atoms with E-state index < -0.39 is 18.0 Å². The molecule has 0 saturated carbocycles. The molecule has 0 aromatic heterocycles. The fraction of sp³-hybridized carbons (Fsp3) is 0.529. The van der Waals surface area contributed by atoms with E-state index in [-0.39, 0.29) is 5.75 Å². The van der Waals surface area contributed by atoms with Crippen molar-refractivity contribution >= 4 is 11.8 Å². The van der Waals surface area contributed by atoms with Crippen molar-refractivity contribution in [1.29, 1.82) is 0 Å². The molecule has 1 aromatic carbocycles. The number of imide groups is 1. The Morgan fingerprint density at radius 3 is 2.17 bits per heavy atom. The Hall–Kier alpha value is -1.92. The highest BCUT2D eigenvalue weighted by molar-refractivity contribution is 6.05. The first-order valence-corrected chi connectivity index (χ1v) is 8.13. The van der Waals surface area contributed by atoms with Crippen LogP contribution in [0.4, 0.5) is 0 Å². The van der Waals surface area contributed by atoms with Crippen molar-refractivity contribution in [2.45, 2.75) is 51.6 Å². The topological polar surface area (TPSA) is 110 Å². The van der Waals surface area contributed by atoms with Gasteiger partial charge in [-0.25, -0.2) is 0 Å². The van der Waals surface area contributed by atoms with Gasteiger partial charge < -0.3 is 16.6 Å². The molecular weight excluding hydrogens is 294 g/mol. The Morgan fingerprint density at radius 2 is 1.61 bits per heavy atom. The number of nitrogens with two attached hydrogens (primary N) is 2. The van der Waals surface area contributed by atoms with E-state index >= 15 is 0 Å². The molecule has 0 fully saturated rings. The number of aromatic hydroxyl groups is 1. The van der Waals surface area contributed by atoms with Gasteiger partial charge in [0.15, 0.2) is 0 Å². The number of amides is 2. The summed E-state index contributed by atoms with van der Waals surface area (Å²) < 4.78 is 0. The molecule has 5 N–H and O–H groups in total. The zero-order valence-corrected chi connectivity index (χ0v) is 13.7. The van der Waals surface area contributed by atoms with Crippen molar-refractivity contribution in [1.82, 2.24) is 4.90 Å². The van der Waals surface area contributed by atoms with Crippen molar-refractivity contribution in [3.63, 3.8) is 0 Å². The molecule has 0 radical (unpaired) electrons. The zero-order chi connectivity index (χ0) is 17.2. The summed E-state index contributed by atoms with van der Waals surface area (Å²) in [4.78, 5) is 25.7. The number of rotatable bonds is 9. The molecule has 0 saturated heterocycles. The van der Waals surface area contributed by atoms with Crippen LogP contribution >= 0.6 is 0 Å². The Morgan fingerprint density at radius 1 is 1.04 bits per heavy atom. The smallest absolute Gasteiger partial charge is 0.260 e. The molecule has 2 amide bonds. The minimum Gasteiger partial charge on any atom is -0.508 e. The van der Waals surface area contributed by atoms with E-state index in [2.05, 4.69) is 6.92 Å². The van der Waals surface area contributed by atoms with E-state index in [1.807, 2.05) is 0 Å². The van der Waals surface area contributed by atoms with E-state index in [9.17, 15) is 14.7 Å². The van der Waals surface area contributed by atoms with Crippen molar-refractivity contribution in [3.05, 3.63) is 29.8 Å². The third-order valence-corrected chi connectivity index (χ3v) is 3.65. The highest BCUT2D eigenvalue weighted by Crippen LogP contribution is 2.13. The third-order valence-electron chi connectivity index (χ3n) is 3.65. The van der Waals surface area contributed by atoms with Gasteiger partial charge in [0.2, 0.25) is 0 Å². The highest BCUT2D eigenvalue weighted by Gasteiger charge is 2.25. The van der Waals surface area contributed by atoms with Gasteiger partial charge in [-0.3, -0.25) is 14.5 Å². The second-order valence-electron chi connectivity index (χ2n) is 5.64. The number of phenols is 1. The fourth-order valence-corrected chi connectivity index (χ4v) is 2.30. The number of hydrogen-bond donors (Lipinski definition) is 3. The molecule has 23 heavy (non-hydrogen) atoms. The lowest BCUT2D eigenvalue weighted by atomic mass is 10.1. The van der Waals surface area contributed by atoms with E-state index in [1.165, 1.54) is 37.1 Å². The number of phenolic OH excluding ortho intramolecular Hbond substituents is 1. The Labute approximate surface area is 137 Å². The molecule has 0 spiro atoms. The normalized spacial score (nSPS) is 10.8. The third kappa shape index (κ3) is 6.38. The lowest BCUT2D eigenvalue weighted by molar-refractivity contribution is -0.129. The predicted octanol–water partition coefficient (Wildman–Crippen LogP) is 1.96. The highest BCUT2D eigenvalue weighted by atomic mass is 16.3. The first-order valence-electron chi connectivity index (χ1n) is 8.13. The number of carbonyl (C=O) groups excluding carboxylic acids is 2. The summed E-state index contributed by atoms with van der Waals surface area (Å²) in [6.45, 7) is 2.45. The van der Waals surface area contributed by atoms with E-state index in [4.69, 9.17) is 11.5 Å². The number of unbranched alkanes of at least 4 members (excludes halogenated alkanes) is 5. The largest absolute Gasteiger partial charge is 0.508 e. The lowest BCUT2D eigenvalue weighted by Gasteiger charge is -2.22. The van der Waals surface area contributed by atoms with Crippen LogP contribution in [0.15, 0.2) is 24.3 Å². The van der Waals surface area contributed by atoms with Crippen LogP contribution in [0.1, 0.15) is 55.8 Å². The van der Waals surface area contributed by atoms with Gasteiger partial charge in [0.05, 0.1) is 0 Å². The van der Waals surface area contributed by atoms with Gasteiger partial charge in [-0.05, 0) is 30.7 Å². The Balaban J connectivity index is 2.66. The number of hydrogen-bond acceptors (Lipinski definition) is 5. The van der Waals surface area contributed by atoms with Crippen LogP contribution in [0.3, 0.4) is 0 Å². The molecule has 1 rings (SSSR count). The van der Waals surface area contributed by atoms with E-state index in [0.717, 1.165) is 30.6 Å². The molecule has 0 atom stereocenters. The summed E-state index contributed by atoms with van der Waals surface area (Å²) >= 11 is 0. The van der Waals surface area contributed by atoms with Crippen LogP contribution in [0.25, 0.3) is 0 Å². The monoisotopic (exact) mass is 321 g/mol. The summed E-state index contributed by atoms with van der Waals surface area (Å²) in [6.07, 6.45) is 5.08. The first-order chi connectivity index (χ1) is 11.0. The summed E-state index contributed by atoms with van der Waals surface area (Å²) in [5.41, 5.74) is 11.2. The number of nitrogens with zero attached hydrogens (tertiary/aromatic N) is 1. The summed E-state index contributed by atoms with van der Waals surface area (Å²) in [5, 5.41) is 9.29. The van der Waals surface area contributed by atoms with Crippen molar-refractivity contribution in [3.8, 4) is 5.75 Å². The standard InChI is InChI=1S/C17H27N3O3/c1-2-3-4-5-6-7-12-20(17(23)15(18)19)16(22)13-8-10-14(21)11-9-13/h8-11,15,21H,2-7,12,18-19H2,1H3. The Bertz CT molecular complexity index is 500. The molecule has 0 aliphatic rings. The molecule has 0 aliphatic heterocycles. The average molecular weight is 321 g/mol. The first kappa shape index (κ1) is 19.1. The van der Waals surface area contributed by atoms with E-state index in [0.29, 0.717) is 12.1 Å². The number of benzene rings is 1. The summed E-state index contributed by atoms with van der Waals surface area (Å²) in [7, 11) is 0. The van der Waals surface area contributed by atoms with Crippen molar-refractivity contribution in [2.75, 3.05) is 6.54 Å². The maximum Gasteiger partial charge on any atom is 0.260 e. The van der Waals surface area contributed by atoms with Gasteiger partial charge in [0.1, 0.15) is 11.9 Å². The van der Waals surface area contributed by atoms with Crippen molar-refractivity contribution in [2.24, 2.45) is 11.5 Å². The van der Waals surface area contributed by atoms with Crippen molar-refractivity contribution < 1.29 is 14.7 Å². The molecule has 0 bridgehead atoms.